The molecule has 1 rings (SSSR count). The zero-order chi connectivity index (χ0) is 14.1. The van der Waals surface area contributed by atoms with E-state index in [-0.39, 0.29) is 21.8 Å². The molecule has 0 bridgehead atoms. The van der Waals surface area contributed by atoms with E-state index in [0.29, 0.717) is 0 Å². The number of primary sulfonamides is 1. The number of hydrogen-bond donors (Lipinski definition) is 3. The number of anilines is 2. The molecule has 5 N–H and O–H groups in total. The van der Waals surface area contributed by atoms with Gasteiger partial charge >= 0.3 is 6.18 Å². The fourth-order valence-corrected chi connectivity index (χ4v) is 2.22. The number of hydrogen-bond acceptors (Lipinski definition) is 4. The highest BCUT2D eigenvalue weighted by molar-refractivity contribution is 7.89. The predicted octanol–water partition coefficient (Wildman–Crippen LogP) is 1.20. The number of nitrogen functional groups attached to an aromatic ring is 1. The molecular formula is C9H12F3N3O2S. The van der Waals surface area contributed by atoms with E-state index >= 15 is 0 Å². The third-order valence-electron chi connectivity index (χ3n) is 2.17. The van der Waals surface area contributed by atoms with Crippen molar-refractivity contribution in [2.24, 2.45) is 5.14 Å². The Hall–Kier alpha value is -1.48. The Bertz CT molecular complexity index is 555. The molecule has 0 heterocycles. The maximum absolute atomic E-state index is 12.1. The highest BCUT2D eigenvalue weighted by Gasteiger charge is 2.27. The summed E-state index contributed by atoms with van der Waals surface area (Å²) in [6.45, 7) is 0.0548. The normalized spacial score (nSPS) is 12.5. The maximum Gasteiger partial charge on any atom is 0.405 e. The molecule has 0 spiro atoms. The van der Waals surface area contributed by atoms with Crippen LogP contribution in [0.1, 0.15) is 5.56 Å². The zero-order valence-electron chi connectivity index (χ0n) is 9.38. The number of rotatable bonds is 3. The van der Waals surface area contributed by atoms with E-state index in [0.717, 1.165) is 6.07 Å². The summed E-state index contributed by atoms with van der Waals surface area (Å²) in [5, 5.41) is 7.03. The first-order valence-electron chi connectivity index (χ1n) is 4.74. The van der Waals surface area contributed by atoms with Crippen LogP contribution in [0.15, 0.2) is 17.0 Å². The Morgan fingerprint density at radius 3 is 2.33 bits per heavy atom. The van der Waals surface area contributed by atoms with E-state index in [4.69, 9.17) is 10.9 Å². The molecule has 0 amide bonds. The molecule has 0 atom stereocenters. The van der Waals surface area contributed by atoms with Crippen LogP contribution in [0, 0.1) is 6.92 Å². The van der Waals surface area contributed by atoms with Crippen LogP contribution >= 0.6 is 0 Å². The molecule has 5 nitrogen and oxygen atoms in total. The lowest BCUT2D eigenvalue weighted by Gasteiger charge is -2.14. The van der Waals surface area contributed by atoms with Gasteiger partial charge < -0.3 is 11.1 Å². The van der Waals surface area contributed by atoms with Gasteiger partial charge in [0.2, 0.25) is 10.0 Å². The van der Waals surface area contributed by atoms with Gasteiger partial charge in [0.1, 0.15) is 6.54 Å². The summed E-state index contributed by atoms with van der Waals surface area (Å²) < 4.78 is 58.7. The summed E-state index contributed by atoms with van der Waals surface area (Å²) in [6.07, 6.45) is -4.42. The second-order valence-electron chi connectivity index (χ2n) is 3.71. The standard InChI is InChI=1S/C9H12F3N3O2S/c1-5-7(15-4-9(10,11)12)2-6(13)3-8(5)18(14,16)17/h2-3,15H,4,13H2,1H3,(H2,14,16,17). The van der Waals surface area contributed by atoms with Crippen molar-refractivity contribution in [1.29, 1.82) is 0 Å². The van der Waals surface area contributed by atoms with Crippen LogP contribution in [-0.2, 0) is 10.0 Å². The third-order valence-corrected chi connectivity index (χ3v) is 3.21. The molecular weight excluding hydrogens is 271 g/mol. The average Bonchev–Trinajstić information content (AvgIpc) is 2.16. The minimum Gasteiger partial charge on any atom is -0.399 e. The monoisotopic (exact) mass is 283 g/mol. The van der Waals surface area contributed by atoms with Crippen molar-refractivity contribution in [3.05, 3.63) is 17.7 Å². The third kappa shape index (κ3) is 3.77. The molecule has 0 saturated heterocycles. The average molecular weight is 283 g/mol. The van der Waals surface area contributed by atoms with Crippen LogP contribution in [0.25, 0.3) is 0 Å². The summed E-state index contributed by atoms with van der Waals surface area (Å²) in [7, 11) is -4.03. The number of alkyl halides is 3. The number of sulfonamides is 1. The van der Waals surface area contributed by atoms with Crippen LogP contribution in [0.3, 0.4) is 0 Å². The molecule has 0 aliphatic rings. The van der Waals surface area contributed by atoms with Gasteiger partial charge in [-0.05, 0) is 24.6 Å². The molecule has 0 aromatic heterocycles. The minimum absolute atomic E-state index is 0.00861. The van der Waals surface area contributed by atoms with Crippen LogP contribution in [0.4, 0.5) is 24.5 Å². The van der Waals surface area contributed by atoms with Gasteiger partial charge in [0.05, 0.1) is 4.90 Å². The van der Waals surface area contributed by atoms with Gasteiger partial charge in [0, 0.05) is 11.4 Å². The van der Waals surface area contributed by atoms with E-state index in [9.17, 15) is 21.6 Å². The highest BCUT2D eigenvalue weighted by atomic mass is 32.2. The fraction of sp³-hybridized carbons (Fsp3) is 0.333. The van der Waals surface area contributed by atoms with Crippen molar-refractivity contribution in [2.45, 2.75) is 18.0 Å². The first-order chi connectivity index (χ1) is 8.00. The van der Waals surface area contributed by atoms with Gasteiger partial charge in [-0.2, -0.15) is 13.2 Å². The Kier molecular flexibility index (Phi) is 3.77. The van der Waals surface area contributed by atoms with E-state index in [1.54, 1.807) is 0 Å². The second kappa shape index (κ2) is 4.65. The maximum atomic E-state index is 12.1. The fourth-order valence-electron chi connectivity index (χ4n) is 1.38. The molecule has 0 aliphatic heterocycles. The molecule has 0 fully saturated rings. The summed E-state index contributed by atoms with van der Waals surface area (Å²) in [5.74, 6) is 0. The van der Waals surface area contributed by atoms with E-state index in [2.05, 4.69) is 5.32 Å². The summed E-state index contributed by atoms with van der Waals surface area (Å²) in [4.78, 5) is -0.299. The molecule has 18 heavy (non-hydrogen) atoms. The van der Waals surface area contributed by atoms with Crippen LogP contribution in [0.2, 0.25) is 0 Å². The molecule has 1 aromatic carbocycles. The molecule has 0 aliphatic carbocycles. The predicted molar refractivity (Wildman–Crippen MR) is 61.5 cm³/mol. The highest BCUT2D eigenvalue weighted by Crippen LogP contribution is 2.27. The second-order valence-corrected chi connectivity index (χ2v) is 5.24. The van der Waals surface area contributed by atoms with Crippen molar-refractivity contribution in [1.82, 2.24) is 0 Å². The lowest BCUT2D eigenvalue weighted by Crippen LogP contribution is -2.22. The van der Waals surface area contributed by atoms with Gasteiger partial charge in [-0.25, -0.2) is 13.6 Å². The smallest absolute Gasteiger partial charge is 0.399 e. The van der Waals surface area contributed by atoms with Gasteiger partial charge in [0.15, 0.2) is 0 Å². The topological polar surface area (TPSA) is 98.2 Å². The van der Waals surface area contributed by atoms with E-state index in [1.807, 2.05) is 0 Å². The minimum atomic E-state index is -4.42. The van der Waals surface area contributed by atoms with Gasteiger partial charge in [-0.1, -0.05) is 0 Å². The van der Waals surface area contributed by atoms with Crippen LogP contribution < -0.4 is 16.2 Å². The Morgan fingerprint density at radius 1 is 1.33 bits per heavy atom. The quantitative estimate of drug-likeness (QED) is 0.726. The lowest BCUT2D eigenvalue weighted by atomic mass is 10.2. The van der Waals surface area contributed by atoms with Crippen LogP contribution in [-0.4, -0.2) is 21.1 Å². The van der Waals surface area contributed by atoms with Gasteiger partial charge in [-0.3, -0.25) is 0 Å². The number of nitrogens with two attached hydrogens (primary N) is 2. The first-order valence-corrected chi connectivity index (χ1v) is 6.29. The zero-order valence-corrected chi connectivity index (χ0v) is 10.2. The van der Waals surface area contributed by atoms with Crippen molar-refractivity contribution >= 4 is 21.4 Å². The molecule has 0 unspecified atom stereocenters. The molecule has 102 valence electrons. The SMILES string of the molecule is Cc1c(NCC(F)(F)F)cc(N)cc1S(N)(=O)=O. The first kappa shape index (κ1) is 14.6. The van der Waals surface area contributed by atoms with Crippen LogP contribution in [0.5, 0.6) is 0 Å². The summed E-state index contributed by atoms with van der Waals surface area (Å²) in [6, 6.07) is 2.32. The Balaban J connectivity index is 3.18. The van der Waals surface area contributed by atoms with Crippen molar-refractivity contribution in [3.63, 3.8) is 0 Å². The Labute approximate surface area is 102 Å². The molecule has 0 saturated carbocycles. The lowest BCUT2D eigenvalue weighted by molar-refractivity contribution is -0.115. The Morgan fingerprint density at radius 2 is 1.89 bits per heavy atom. The molecule has 0 radical (unpaired) electrons. The number of benzene rings is 1. The number of nitrogens with one attached hydrogen (secondary N) is 1. The number of halogens is 3. The summed E-state index contributed by atoms with van der Waals surface area (Å²) >= 11 is 0. The molecule has 1 aromatic rings. The largest absolute Gasteiger partial charge is 0.405 e. The van der Waals surface area contributed by atoms with Gasteiger partial charge in [0.25, 0.3) is 0 Å². The molecule has 9 heteroatoms. The van der Waals surface area contributed by atoms with E-state index < -0.39 is 22.7 Å². The van der Waals surface area contributed by atoms with Gasteiger partial charge in [-0.15, -0.1) is 0 Å². The van der Waals surface area contributed by atoms with Crippen molar-refractivity contribution in [3.8, 4) is 0 Å². The summed E-state index contributed by atoms with van der Waals surface area (Å²) in [5.41, 5.74) is 5.51. The van der Waals surface area contributed by atoms with Crippen molar-refractivity contribution < 1.29 is 21.6 Å². The van der Waals surface area contributed by atoms with E-state index in [1.165, 1.54) is 13.0 Å². The van der Waals surface area contributed by atoms with Crippen molar-refractivity contribution in [2.75, 3.05) is 17.6 Å².